The van der Waals surface area contributed by atoms with Crippen molar-refractivity contribution in [1.29, 1.82) is 0 Å². The fourth-order valence-electron chi connectivity index (χ4n) is 1.63. The third-order valence-corrected chi connectivity index (χ3v) is 3.13. The second-order valence-corrected chi connectivity index (χ2v) is 4.66. The molecule has 0 aliphatic carbocycles. The number of nitrogens with zero attached hydrogens (tertiary/aromatic N) is 1. The molecule has 0 unspecified atom stereocenters. The van der Waals surface area contributed by atoms with Gasteiger partial charge in [-0.1, -0.05) is 6.07 Å². The van der Waals surface area contributed by atoms with Gasteiger partial charge in [0.1, 0.15) is 11.6 Å². The predicted octanol–water partition coefficient (Wildman–Crippen LogP) is 2.77. The monoisotopic (exact) mass is 327 g/mol. The molecule has 0 N–H and O–H groups in total. The van der Waals surface area contributed by atoms with Gasteiger partial charge in [-0.05, 0) is 40.2 Å². The summed E-state index contributed by atoms with van der Waals surface area (Å²) >= 11 is 3.03. The third kappa shape index (κ3) is 2.78. The lowest BCUT2D eigenvalue weighted by Crippen LogP contribution is -2.25. The second-order valence-electron chi connectivity index (χ2n) is 3.81. The van der Waals surface area contributed by atoms with Gasteiger partial charge < -0.3 is 4.57 Å². The van der Waals surface area contributed by atoms with Gasteiger partial charge in [0.15, 0.2) is 5.78 Å². The molecule has 0 aliphatic heterocycles. The number of halogens is 3. The minimum absolute atomic E-state index is 0.275. The standard InChI is InChI=1S/C13H8BrF2NO2/c14-8-3-2-6-17(13(8)19)7-11(18)12-9(15)4-1-5-10(12)16/h1-6H,7H2. The summed E-state index contributed by atoms with van der Waals surface area (Å²) < 4.78 is 28.2. The van der Waals surface area contributed by atoms with Crippen LogP contribution in [0.4, 0.5) is 8.78 Å². The van der Waals surface area contributed by atoms with Gasteiger partial charge in [0.05, 0.1) is 16.6 Å². The molecule has 0 saturated heterocycles. The summed E-state index contributed by atoms with van der Waals surface area (Å²) in [6, 6.07) is 6.25. The van der Waals surface area contributed by atoms with E-state index >= 15 is 0 Å². The zero-order valence-electron chi connectivity index (χ0n) is 9.57. The Labute approximate surface area is 115 Å². The highest BCUT2D eigenvalue weighted by atomic mass is 79.9. The number of hydrogen-bond acceptors (Lipinski definition) is 2. The van der Waals surface area contributed by atoms with Gasteiger partial charge in [0, 0.05) is 6.20 Å². The van der Waals surface area contributed by atoms with E-state index in [2.05, 4.69) is 15.9 Å². The highest BCUT2D eigenvalue weighted by molar-refractivity contribution is 9.10. The van der Waals surface area contributed by atoms with Crippen LogP contribution < -0.4 is 5.56 Å². The number of carbonyl (C=O) groups excluding carboxylic acids is 1. The van der Waals surface area contributed by atoms with Crippen molar-refractivity contribution in [1.82, 2.24) is 4.57 Å². The van der Waals surface area contributed by atoms with Crippen molar-refractivity contribution in [3.63, 3.8) is 0 Å². The molecule has 0 radical (unpaired) electrons. The maximum absolute atomic E-state index is 13.4. The smallest absolute Gasteiger partial charge is 0.265 e. The number of pyridine rings is 1. The van der Waals surface area contributed by atoms with Crippen LogP contribution in [0.15, 0.2) is 45.8 Å². The Morgan fingerprint density at radius 2 is 1.79 bits per heavy atom. The van der Waals surface area contributed by atoms with Gasteiger partial charge in [0.25, 0.3) is 5.56 Å². The first kappa shape index (κ1) is 13.6. The van der Waals surface area contributed by atoms with Crippen molar-refractivity contribution in [2.24, 2.45) is 0 Å². The Balaban J connectivity index is 2.37. The van der Waals surface area contributed by atoms with Crippen molar-refractivity contribution < 1.29 is 13.6 Å². The molecule has 0 saturated carbocycles. The predicted molar refractivity (Wildman–Crippen MR) is 69.1 cm³/mol. The quantitative estimate of drug-likeness (QED) is 0.813. The number of benzene rings is 1. The lowest BCUT2D eigenvalue weighted by molar-refractivity contribution is 0.0962. The third-order valence-electron chi connectivity index (χ3n) is 2.53. The molecule has 1 aromatic carbocycles. The molecule has 0 bridgehead atoms. The van der Waals surface area contributed by atoms with Crippen molar-refractivity contribution in [2.45, 2.75) is 6.54 Å². The molecule has 1 heterocycles. The minimum atomic E-state index is -0.937. The van der Waals surface area contributed by atoms with Crippen molar-refractivity contribution in [2.75, 3.05) is 0 Å². The van der Waals surface area contributed by atoms with E-state index in [1.54, 1.807) is 6.07 Å². The molecule has 6 heteroatoms. The fourth-order valence-corrected chi connectivity index (χ4v) is 2.01. The number of rotatable bonds is 3. The lowest BCUT2D eigenvalue weighted by Gasteiger charge is -2.07. The molecule has 19 heavy (non-hydrogen) atoms. The number of ketones is 1. The fraction of sp³-hybridized carbons (Fsp3) is 0.0769. The van der Waals surface area contributed by atoms with E-state index in [-0.39, 0.29) is 4.47 Å². The van der Waals surface area contributed by atoms with Gasteiger partial charge in [-0.15, -0.1) is 0 Å². The van der Waals surface area contributed by atoms with E-state index < -0.39 is 35.1 Å². The molecular weight excluding hydrogens is 320 g/mol. The van der Waals surface area contributed by atoms with Gasteiger partial charge in [-0.25, -0.2) is 8.78 Å². The van der Waals surface area contributed by atoms with Crippen LogP contribution in [-0.2, 0) is 6.54 Å². The molecule has 2 rings (SSSR count). The molecule has 0 aliphatic rings. The highest BCUT2D eigenvalue weighted by Gasteiger charge is 2.17. The zero-order valence-corrected chi connectivity index (χ0v) is 11.2. The Kier molecular flexibility index (Phi) is 3.90. The topological polar surface area (TPSA) is 39.1 Å². The average Bonchev–Trinajstić information content (AvgIpc) is 2.35. The maximum Gasteiger partial charge on any atom is 0.265 e. The molecule has 0 atom stereocenters. The van der Waals surface area contributed by atoms with E-state index in [4.69, 9.17) is 0 Å². The van der Waals surface area contributed by atoms with Crippen LogP contribution in [0, 0.1) is 11.6 Å². The van der Waals surface area contributed by atoms with Crippen molar-refractivity contribution >= 4 is 21.7 Å². The van der Waals surface area contributed by atoms with Crippen LogP contribution in [0.25, 0.3) is 0 Å². The Hall–Kier alpha value is -1.82. The van der Waals surface area contributed by atoms with Crippen LogP contribution in [0.2, 0.25) is 0 Å². The maximum atomic E-state index is 13.4. The van der Waals surface area contributed by atoms with Gasteiger partial charge >= 0.3 is 0 Å². The summed E-state index contributed by atoms with van der Waals surface area (Å²) in [5, 5.41) is 0. The van der Waals surface area contributed by atoms with Crippen LogP contribution >= 0.6 is 15.9 Å². The minimum Gasteiger partial charge on any atom is -0.307 e. The molecule has 98 valence electrons. The Morgan fingerprint density at radius 1 is 1.16 bits per heavy atom. The van der Waals surface area contributed by atoms with Gasteiger partial charge in [-0.2, -0.15) is 0 Å². The molecule has 3 nitrogen and oxygen atoms in total. The van der Waals surface area contributed by atoms with Crippen LogP contribution in [0.3, 0.4) is 0 Å². The van der Waals surface area contributed by atoms with E-state index in [1.807, 2.05) is 0 Å². The molecule has 1 aromatic heterocycles. The van der Waals surface area contributed by atoms with Crippen LogP contribution in [-0.4, -0.2) is 10.4 Å². The number of Topliss-reactive ketones (excluding diaryl/α,β-unsaturated/α-hetero) is 1. The zero-order chi connectivity index (χ0) is 14.0. The first-order valence-corrected chi connectivity index (χ1v) is 6.12. The highest BCUT2D eigenvalue weighted by Crippen LogP contribution is 2.13. The number of hydrogen-bond donors (Lipinski definition) is 0. The van der Waals surface area contributed by atoms with E-state index in [0.29, 0.717) is 0 Å². The molecule has 2 aromatic rings. The van der Waals surface area contributed by atoms with Crippen LogP contribution in [0.1, 0.15) is 10.4 Å². The lowest BCUT2D eigenvalue weighted by atomic mass is 10.1. The number of aromatic nitrogens is 1. The van der Waals surface area contributed by atoms with E-state index in [9.17, 15) is 18.4 Å². The normalized spacial score (nSPS) is 10.5. The SMILES string of the molecule is O=C(Cn1cccc(Br)c1=O)c1c(F)cccc1F. The van der Waals surface area contributed by atoms with Crippen LogP contribution in [0.5, 0.6) is 0 Å². The summed E-state index contributed by atoms with van der Waals surface area (Å²) in [4.78, 5) is 23.5. The molecular formula is C13H8BrF2NO2. The summed E-state index contributed by atoms with van der Waals surface area (Å²) in [5.41, 5.74) is -1.07. The van der Waals surface area contributed by atoms with E-state index in [0.717, 1.165) is 16.7 Å². The molecule has 0 spiro atoms. The first-order valence-electron chi connectivity index (χ1n) is 5.33. The molecule has 0 fully saturated rings. The second kappa shape index (κ2) is 5.44. The number of carbonyl (C=O) groups is 1. The average molecular weight is 328 g/mol. The largest absolute Gasteiger partial charge is 0.307 e. The van der Waals surface area contributed by atoms with Gasteiger partial charge in [-0.3, -0.25) is 9.59 Å². The van der Waals surface area contributed by atoms with Crippen molar-refractivity contribution in [3.05, 3.63) is 68.6 Å². The summed E-state index contributed by atoms with van der Waals surface area (Å²) in [7, 11) is 0. The first-order chi connectivity index (χ1) is 9.00. The summed E-state index contributed by atoms with van der Waals surface area (Å²) in [6.07, 6.45) is 1.38. The summed E-state index contributed by atoms with van der Waals surface area (Å²) in [6.45, 7) is -0.421. The van der Waals surface area contributed by atoms with Crippen molar-refractivity contribution in [3.8, 4) is 0 Å². The van der Waals surface area contributed by atoms with Gasteiger partial charge in [0.2, 0.25) is 0 Å². The summed E-state index contributed by atoms with van der Waals surface area (Å²) in [5.74, 6) is -2.67. The molecule has 0 amide bonds. The van der Waals surface area contributed by atoms with E-state index in [1.165, 1.54) is 18.3 Å². The Morgan fingerprint density at radius 3 is 2.42 bits per heavy atom. The Bertz CT molecular complexity index is 677.